The van der Waals surface area contributed by atoms with E-state index in [1.54, 1.807) is 0 Å². The van der Waals surface area contributed by atoms with Gasteiger partial charge in [-0.1, -0.05) is 19.9 Å². The lowest BCUT2D eigenvalue weighted by molar-refractivity contribution is -0.0498. The van der Waals surface area contributed by atoms with Crippen molar-refractivity contribution in [2.75, 3.05) is 6.54 Å². The molecule has 0 aliphatic heterocycles. The molecular formula is C13H16ClF2NO2. The van der Waals surface area contributed by atoms with E-state index in [4.69, 9.17) is 11.6 Å². The first-order chi connectivity index (χ1) is 8.90. The Balaban J connectivity index is 2.61. The Kier molecular flexibility index (Phi) is 6.02. The van der Waals surface area contributed by atoms with E-state index in [0.29, 0.717) is 6.54 Å². The van der Waals surface area contributed by atoms with E-state index in [2.05, 4.69) is 10.1 Å². The van der Waals surface area contributed by atoms with Crippen molar-refractivity contribution < 1.29 is 18.3 Å². The second kappa shape index (κ2) is 7.28. The molecule has 0 aliphatic carbocycles. The van der Waals surface area contributed by atoms with Gasteiger partial charge in [0.2, 0.25) is 0 Å². The highest BCUT2D eigenvalue weighted by atomic mass is 35.5. The first-order valence-electron chi connectivity index (χ1n) is 5.87. The van der Waals surface area contributed by atoms with Crippen LogP contribution in [-0.4, -0.2) is 24.4 Å². The van der Waals surface area contributed by atoms with Gasteiger partial charge in [-0.05, 0) is 24.1 Å². The molecule has 0 aliphatic rings. The molecule has 3 nitrogen and oxygen atoms in total. The summed E-state index contributed by atoms with van der Waals surface area (Å²) in [6, 6.07) is 5.63. The lowest BCUT2D eigenvalue weighted by atomic mass is 10.1. The summed E-state index contributed by atoms with van der Waals surface area (Å²) in [6.45, 7) is 1.30. The van der Waals surface area contributed by atoms with Crippen molar-refractivity contribution in [3.05, 3.63) is 29.8 Å². The fraction of sp³-hybridized carbons (Fsp3) is 0.462. The SMILES string of the molecule is CC(C)C(Cl)CNC(=O)c1cccc(OC(F)F)c1. The number of carbonyl (C=O) groups excluding carboxylic acids is 1. The summed E-state index contributed by atoms with van der Waals surface area (Å²) in [5.41, 5.74) is 0.255. The summed E-state index contributed by atoms with van der Waals surface area (Å²) in [7, 11) is 0. The van der Waals surface area contributed by atoms with Crippen LogP contribution in [-0.2, 0) is 0 Å². The molecule has 0 fully saturated rings. The number of alkyl halides is 3. The molecule has 6 heteroatoms. The van der Waals surface area contributed by atoms with E-state index in [-0.39, 0.29) is 28.5 Å². The van der Waals surface area contributed by atoms with Gasteiger partial charge in [-0.2, -0.15) is 8.78 Å². The number of nitrogens with one attached hydrogen (secondary N) is 1. The van der Waals surface area contributed by atoms with Crippen molar-refractivity contribution in [1.82, 2.24) is 5.32 Å². The predicted octanol–water partition coefficient (Wildman–Crippen LogP) is 3.28. The molecule has 0 saturated carbocycles. The zero-order chi connectivity index (χ0) is 14.4. The third-order valence-electron chi connectivity index (χ3n) is 2.50. The molecule has 0 heterocycles. The zero-order valence-electron chi connectivity index (χ0n) is 10.7. The summed E-state index contributed by atoms with van der Waals surface area (Å²) in [6.07, 6.45) is 0. The number of carbonyl (C=O) groups is 1. The molecule has 1 unspecified atom stereocenters. The normalized spacial score (nSPS) is 12.6. The fourth-order valence-corrected chi connectivity index (χ4v) is 1.42. The largest absolute Gasteiger partial charge is 0.435 e. The summed E-state index contributed by atoms with van der Waals surface area (Å²) in [4.78, 5) is 11.8. The summed E-state index contributed by atoms with van der Waals surface area (Å²) in [5, 5.41) is 2.47. The third-order valence-corrected chi connectivity index (χ3v) is 3.16. The molecule has 1 atom stereocenters. The van der Waals surface area contributed by atoms with E-state index in [1.165, 1.54) is 24.3 Å². The Morgan fingerprint density at radius 2 is 2.11 bits per heavy atom. The molecule has 0 bridgehead atoms. The maximum Gasteiger partial charge on any atom is 0.387 e. The number of amides is 1. The van der Waals surface area contributed by atoms with E-state index in [1.807, 2.05) is 13.8 Å². The van der Waals surface area contributed by atoms with Crippen LogP contribution >= 0.6 is 11.6 Å². The van der Waals surface area contributed by atoms with E-state index in [0.717, 1.165) is 0 Å². The van der Waals surface area contributed by atoms with Crippen LogP contribution in [0.5, 0.6) is 5.75 Å². The first kappa shape index (κ1) is 15.7. The Bertz CT molecular complexity index is 427. The van der Waals surface area contributed by atoms with Gasteiger partial charge in [-0.25, -0.2) is 0 Å². The van der Waals surface area contributed by atoms with Gasteiger partial charge >= 0.3 is 6.61 Å². The lowest BCUT2D eigenvalue weighted by Gasteiger charge is -2.14. The van der Waals surface area contributed by atoms with Gasteiger partial charge in [0.25, 0.3) is 5.91 Å². The van der Waals surface area contributed by atoms with Crippen LogP contribution in [0.1, 0.15) is 24.2 Å². The topological polar surface area (TPSA) is 38.3 Å². The molecule has 1 rings (SSSR count). The highest BCUT2D eigenvalue weighted by Gasteiger charge is 2.13. The molecule has 0 aromatic heterocycles. The fourth-order valence-electron chi connectivity index (χ4n) is 1.34. The summed E-state index contributed by atoms with van der Waals surface area (Å²) in [5.74, 6) is -0.185. The number of hydrogen-bond donors (Lipinski definition) is 1. The first-order valence-corrected chi connectivity index (χ1v) is 6.31. The molecule has 1 N–H and O–H groups in total. The minimum absolute atomic E-state index is 0.0473. The average Bonchev–Trinajstić information content (AvgIpc) is 2.34. The molecule has 0 saturated heterocycles. The van der Waals surface area contributed by atoms with Crippen LogP contribution in [0.3, 0.4) is 0 Å². The van der Waals surface area contributed by atoms with Crippen molar-refractivity contribution in [2.24, 2.45) is 5.92 Å². The molecule has 0 radical (unpaired) electrons. The second-order valence-corrected chi connectivity index (χ2v) is 4.94. The van der Waals surface area contributed by atoms with E-state index >= 15 is 0 Å². The molecule has 1 amide bonds. The standard InChI is InChI=1S/C13H16ClF2NO2/c1-8(2)11(14)7-17-12(18)9-4-3-5-10(6-9)19-13(15)16/h3-6,8,11,13H,7H2,1-2H3,(H,17,18). The van der Waals surface area contributed by atoms with Crippen LogP contribution in [0.15, 0.2) is 24.3 Å². The number of benzene rings is 1. The van der Waals surface area contributed by atoms with Crippen molar-refractivity contribution >= 4 is 17.5 Å². The number of ether oxygens (including phenoxy) is 1. The van der Waals surface area contributed by atoms with Crippen molar-refractivity contribution in [3.63, 3.8) is 0 Å². The summed E-state index contributed by atoms with van der Waals surface area (Å²) < 4.78 is 28.3. The van der Waals surface area contributed by atoms with Gasteiger partial charge in [0.1, 0.15) is 5.75 Å². The maximum absolute atomic E-state index is 12.1. The Morgan fingerprint density at radius 3 is 2.68 bits per heavy atom. The van der Waals surface area contributed by atoms with Gasteiger partial charge in [0.05, 0.1) is 5.38 Å². The average molecular weight is 292 g/mol. The van der Waals surface area contributed by atoms with Crippen LogP contribution in [0.25, 0.3) is 0 Å². The van der Waals surface area contributed by atoms with Crippen molar-refractivity contribution in [1.29, 1.82) is 0 Å². The second-order valence-electron chi connectivity index (χ2n) is 4.38. The minimum Gasteiger partial charge on any atom is -0.435 e. The third kappa shape index (κ3) is 5.42. The van der Waals surface area contributed by atoms with Crippen LogP contribution in [0, 0.1) is 5.92 Å². The maximum atomic E-state index is 12.1. The van der Waals surface area contributed by atoms with Crippen molar-refractivity contribution in [2.45, 2.75) is 25.8 Å². The van der Waals surface area contributed by atoms with Crippen LogP contribution in [0.4, 0.5) is 8.78 Å². The smallest absolute Gasteiger partial charge is 0.387 e. The molecule has 1 aromatic rings. The Labute approximate surface area is 115 Å². The molecule has 106 valence electrons. The van der Waals surface area contributed by atoms with Gasteiger partial charge < -0.3 is 10.1 Å². The van der Waals surface area contributed by atoms with Crippen LogP contribution < -0.4 is 10.1 Å². The van der Waals surface area contributed by atoms with Gasteiger partial charge in [-0.3, -0.25) is 4.79 Å². The van der Waals surface area contributed by atoms with Gasteiger partial charge in [0, 0.05) is 12.1 Å². The number of halogens is 3. The van der Waals surface area contributed by atoms with Crippen molar-refractivity contribution in [3.8, 4) is 5.75 Å². The van der Waals surface area contributed by atoms with Gasteiger partial charge in [0.15, 0.2) is 0 Å². The monoisotopic (exact) mass is 291 g/mol. The molecule has 19 heavy (non-hydrogen) atoms. The predicted molar refractivity (Wildman–Crippen MR) is 69.9 cm³/mol. The van der Waals surface area contributed by atoms with Crippen LogP contribution in [0.2, 0.25) is 0 Å². The Hall–Kier alpha value is -1.36. The highest BCUT2D eigenvalue weighted by molar-refractivity contribution is 6.21. The van der Waals surface area contributed by atoms with E-state index < -0.39 is 6.61 Å². The highest BCUT2D eigenvalue weighted by Crippen LogP contribution is 2.16. The quantitative estimate of drug-likeness (QED) is 0.817. The molecular weight excluding hydrogens is 276 g/mol. The van der Waals surface area contributed by atoms with E-state index in [9.17, 15) is 13.6 Å². The number of rotatable bonds is 6. The number of hydrogen-bond acceptors (Lipinski definition) is 2. The summed E-state index contributed by atoms with van der Waals surface area (Å²) >= 11 is 6.01. The molecule has 0 spiro atoms. The molecule has 1 aromatic carbocycles. The lowest BCUT2D eigenvalue weighted by Crippen LogP contribution is -2.31. The zero-order valence-corrected chi connectivity index (χ0v) is 11.5. The minimum atomic E-state index is -2.91. The Morgan fingerprint density at radius 1 is 1.42 bits per heavy atom. The van der Waals surface area contributed by atoms with Gasteiger partial charge in [-0.15, -0.1) is 11.6 Å².